The second kappa shape index (κ2) is 6.69. The van der Waals surface area contributed by atoms with Gasteiger partial charge in [0.05, 0.1) is 5.52 Å². The van der Waals surface area contributed by atoms with Crippen LogP contribution in [0.5, 0.6) is 0 Å². The number of aromatic nitrogens is 1. The lowest BCUT2D eigenvalue weighted by Gasteiger charge is -2.18. The predicted octanol–water partition coefficient (Wildman–Crippen LogP) is 2.96. The number of halogens is 2. The third-order valence-electron chi connectivity index (χ3n) is 4.25. The summed E-state index contributed by atoms with van der Waals surface area (Å²) < 4.78 is 13.8. The number of pyridine rings is 1. The van der Waals surface area contributed by atoms with Crippen molar-refractivity contribution >= 4 is 23.3 Å². The maximum Gasteiger partial charge on any atom is 0.132 e. The highest BCUT2D eigenvalue weighted by Crippen LogP contribution is 2.24. The van der Waals surface area contributed by atoms with Gasteiger partial charge in [0.15, 0.2) is 0 Å². The topological polar surface area (TPSA) is 42.1 Å². The van der Waals surface area contributed by atoms with Crippen LogP contribution < -0.4 is 5.73 Å². The van der Waals surface area contributed by atoms with E-state index in [0.717, 1.165) is 37.1 Å². The summed E-state index contributed by atoms with van der Waals surface area (Å²) >= 11 is 0. The molecule has 1 aromatic carbocycles. The van der Waals surface area contributed by atoms with E-state index >= 15 is 0 Å². The van der Waals surface area contributed by atoms with Gasteiger partial charge in [-0.3, -0.25) is 9.88 Å². The molecule has 0 amide bonds. The fraction of sp³-hybridized carbons (Fsp3) is 0.438. The van der Waals surface area contributed by atoms with E-state index in [1.165, 1.54) is 0 Å². The maximum atomic E-state index is 13.8. The average molecular weight is 310 g/mol. The van der Waals surface area contributed by atoms with Gasteiger partial charge in [-0.05, 0) is 49.6 Å². The van der Waals surface area contributed by atoms with E-state index < -0.39 is 0 Å². The van der Waals surface area contributed by atoms with E-state index in [1.54, 1.807) is 24.4 Å². The van der Waals surface area contributed by atoms with Crippen LogP contribution in [0.3, 0.4) is 0 Å². The van der Waals surface area contributed by atoms with Gasteiger partial charge in [-0.1, -0.05) is 6.07 Å². The molecule has 2 unspecified atom stereocenters. The Morgan fingerprint density at radius 2 is 2.24 bits per heavy atom. The third kappa shape index (κ3) is 3.34. The first-order valence-electron chi connectivity index (χ1n) is 7.15. The van der Waals surface area contributed by atoms with Gasteiger partial charge in [0.25, 0.3) is 0 Å². The maximum absolute atomic E-state index is 13.8. The smallest absolute Gasteiger partial charge is 0.132 e. The largest absolute Gasteiger partial charge is 0.328 e. The molecular weight excluding hydrogens is 289 g/mol. The monoisotopic (exact) mass is 309 g/mol. The van der Waals surface area contributed by atoms with E-state index in [2.05, 4.69) is 16.8 Å². The van der Waals surface area contributed by atoms with Crippen molar-refractivity contribution in [2.75, 3.05) is 13.1 Å². The number of hydrogen-bond donors (Lipinski definition) is 1. The SMILES string of the molecule is CC(N)C1CCN(Cc2ccc(F)c3cccnc23)C1.Cl. The van der Waals surface area contributed by atoms with Crippen molar-refractivity contribution in [3.8, 4) is 0 Å². The number of fused-ring (bicyclic) bond motifs is 1. The summed E-state index contributed by atoms with van der Waals surface area (Å²) in [5.74, 6) is 0.362. The molecule has 1 aliphatic heterocycles. The highest BCUT2D eigenvalue weighted by molar-refractivity contribution is 5.85. The van der Waals surface area contributed by atoms with Crippen molar-refractivity contribution in [2.45, 2.75) is 25.9 Å². The van der Waals surface area contributed by atoms with Gasteiger partial charge >= 0.3 is 0 Å². The van der Waals surface area contributed by atoms with Crippen LogP contribution in [0.15, 0.2) is 30.5 Å². The lowest BCUT2D eigenvalue weighted by Crippen LogP contribution is -2.29. The Hall–Kier alpha value is -1.23. The molecule has 5 heteroatoms. The zero-order chi connectivity index (χ0) is 14.1. The molecule has 21 heavy (non-hydrogen) atoms. The van der Waals surface area contributed by atoms with E-state index in [4.69, 9.17) is 5.73 Å². The first kappa shape index (κ1) is 16.1. The molecule has 0 spiro atoms. The van der Waals surface area contributed by atoms with Crippen molar-refractivity contribution in [1.82, 2.24) is 9.88 Å². The van der Waals surface area contributed by atoms with Crippen LogP contribution in [0.2, 0.25) is 0 Å². The molecule has 114 valence electrons. The van der Waals surface area contributed by atoms with Crippen LogP contribution in [0.4, 0.5) is 4.39 Å². The highest BCUT2D eigenvalue weighted by atomic mass is 35.5. The Morgan fingerprint density at radius 3 is 2.95 bits per heavy atom. The molecule has 1 fully saturated rings. The van der Waals surface area contributed by atoms with Crippen LogP contribution >= 0.6 is 12.4 Å². The Labute approximate surface area is 130 Å². The average Bonchev–Trinajstić information content (AvgIpc) is 2.91. The van der Waals surface area contributed by atoms with E-state index in [0.29, 0.717) is 11.3 Å². The molecule has 2 aromatic rings. The van der Waals surface area contributed by atoms with E-state index in [-0.39, 0.29) is 24.3 Å². The summed E-state index contributed by atoms with van der Waals surface area (Å²) in [6.45, 7) is 4.96. The molecular formula is C16H21ClFN3. The Balaban J connectivity index is 0.00000161. The number of nitrogens with two attached hydrogens (primary N) is 1. The zero-order valence-corrected chi connectivity index (χ0v) is 12.9. The molecule has 3 nitrogen and oxygen atoms in total. The summed E-state index contributed by atoms with van der Waals surface area (Å²) in [4.78, 5) is 6.73. The van der Waals surface area contributed by atoms with Gasteiger partial charge in [0, 0.05) is 30.7 Å². The summed E-state index contributed by atoms with van der Waals surface area (Å²) in [6, 6.07) is 7.19. The highest BCUT2D eigenvalue weighted by Gasteiger charge is 2.25. The molecule has 2 heterocycles. The minimum atomic E-state index is -0.202. The molecule has 3 rings (SSSR count). The van der Waals surface area contributed by atoms with Gasteiger partial charge < -0.3 is 5.73 Å². The minimum absolute atomic E-state index is 0. The first-order chi connectivity index (χ1) is 9.65. The Morgan fingerprint density at radius 1 is 1.43 bits per heavy atom. The zero-order valence-electron chi connectivity index (χ0n) is 12.1. The van der Waals surface area contributed by atoms with Crippen LogP contribution in [-0.2, 0) is 6.54 Å². The second-order valence-electron chi connectivity index (χ2n) is 5.75. The second-order valence-corrected chi connectivity index (χ2v) is 5.75. The first-order valence-corrected chi connectivity index (χ1v) is 7.15. The summed E-state index contributed by atoms with van der Waals surface area (Å²) in [5, 5.41) is 0.605. The van der Waals surface area contributed by atoms with Gasteiger partial charge in [0.2, 0.25) is 0 Å². The molecule has 1 aromatic heterocycles. The number of hydrogen-bond acceptors (Lipinski definition) is 3. The van der Waals surface area contributed by atoms with Gasteiger partial charge in [-0.25, -0.2) is 4.39 Å². The molecule has 2 atom stereocenters. The lowest BCUT2D eigenvalue weighted by atomic mass is 10.0. The summed E-state index contributed by atoms with van der Waals surface area (Å²) in [5.41, 5.74) is 7.84. The number of rotatable bonds is 3. The van der Waals surface area contributed by atoms with Crippen molar-refractivity contribution in [3.05, 3.63) is 41.8 Å². The van der Waals surface area contributed by atoms with Crippen LogP contribution in [0.25, 0.3) is 10.9 Å². The summed E-state index contributed by atoms with van der Waals surface area (Å²) in [6.07, 6.45) is 2.87. The minimum Gasteiger partial charge on any atom is -0.328 e. The molecule has 0 radical (unpaired) electrons. The standard InChI is InChI=1S/C16H20FN3.ClH/c1-11(18)12-6-8-20(9-12)10-13-4-5-15(17)14-3-2-7-19-16(13)14;/h2-5,7,11-12H,6,8-10,18H2,1H3;1H. The number of nitrogens with zero attached hydrogens (tertiary/aromatic N) is 2. The van der Waals surface area contributed by atoms with Gasteiger partial charge in [-0.15, -0.1) is 12.4 Å². The summed E-state index contributed by atoms with van der Waals surface area (Å²) in [7, 11) is 0. The Bertz CT molecular complexity index is 617. The molecule has 2 N–H and O–H groups in total. The van der Waals surface area contributed by atoms with Crippen LogP contribution in [-0.4, -0.2) is 29.0 Å². The molecule has 1 aliphatic rings. The number of benzene rings is 1. The van der Waals surface area contributed by atoms with Crippen LogP contribution in [0.1, 0.15) is 18.9 Å². The molecule has 0 bridgehead atoms. The third-order valence-corrected chi connectivity index (χ3v) is 4.25. The fourth-order valence-electron chi connectivity index (χ4n) is 3.00. The molecule has 0 saturated carbocycles. The van der Waals surface area contributed by atoms with E-state index in [9.17, 15) is 4.39 Å². The normalized spacial score (nSPS) is 20.4. The van der Waals surface area contributed by atoms with Crippen LogP contribution in [0, 0.1) is 11.7 Å². The fourth-order valence-corrected chi connectivity index (χ4v) is 3.00. The van der Waals surface area contributed by atoms with Crippen molar-refractivity contribution in [2.24, 2.45) is 11.7 Å². The molecule has 1 saturated heterocycles. The lowest BCUT2D eigenvalue weighted by molar-refractivity contribution is 0.309. The Kier molecular flexibility index (Phi) is 5.14. The quantitative estimate of drug-likeness (QED) is 0.948. The van der Waals surface area contributed by atoms with Crippen molar-refractivity contribution < 1.29 is 4.39 Å². The van der Waals surface area contributed by atoms with Gasteiger partial charge in [-0.2, -0.15) is 0 Å². The predicted molar refractivity (Wildman–Crippen MR) is 86.0 cm³/mol. The van der Waals surface area contributed by atoms with Crippen molar-refractivity contribution in [3.63, 3.8) is 0 Å². The number of likely N-dealkylation sites (tertiary alicyclic amines) is 1. The molecule has 0 aliphatic carbocycles. The van der Waals surface area contributed by atoms with Gasteiger partial charge in [0.1, 0.15) is 5.82 Å². The van der Waals surface area contributed by atoms with Crippen molar-refractivity contribution in [1.29, 1.82) is 0 Å². The van der Waals surface area contributed by atoms with E-state index in [1.807, 2.05) is 6.07 Å².